The molecule has 3 heterocycles. The van der Waals surface area contributed by atoms with Crippen LogP contribution in [0.3, 0.4) is 0 Å². The van der Waals surface area contributed by atoms with E-state index >= 15 is 0 Å². The molecule has 0 N–H and O–H groups in total. The molecule has 1 fully saturated rings. The van der Waals surface area contributed by atoms with E-state index in [2.05, 4.69) is 40.9 Å². The summed E-state index contributed by atoms with van der Waals surface area (Å²) in [5, 5.41) is 9.10. The Kier molecular flexibility index (Phi) is 3.42. The quantitative estimate of drug-likeness (QED) is 0.779. The maximum atomic E-state index is 4.45. The molecule has 0 aliphatic carbocycles. The fraction of sp³-hybridized carbons (Fsp3) is 0.545. The first-order valence-corrected chi connectivity index (χ1v) is 7.18. The number of halogens is 1. The lowest BCUT2D eigenvalue weighted by atomic mass is 10.3. The monoisotopic (exact) mass is 310 g/mol. The number of nitrogens with zero attached hydrogens (tertiary/aromatic N) is 6. The molecular weight excluding hydrogens is 296 g/mol. The van der Waals surface area contributed by atoms with Crippen LogP contribution in [0.1, 0.15) is 0 Å². The lowest BCUT2D eigenvalue weighted by molar-refractivity contribution is 0.273. The van der Waals surface area contributed by atoms with Gasteiger partial charge in [-0.1, -0.05) is 15.9 Å². The fourth-order valence-electron chi connectivity index (χ4n) is 2.27. The van der Waals surface area contributed by atoms with Crippen LogP contribution in [0.15, 0.2) is 18.7 Å². The standard InChI is InChI=1S/C11H15BrN6/c12-1-3-16-5-7-17(8-6-16)10-11-15-14-9-18(11)4-2-13-10/h2,4,9H,1,3,5-8H2. The number of rotatable bonds is 3. The second-order valence-electron chi connectivity index (χ2n) is 4.33. The maximum Gasteiger partial charge on any atom is 0.203 e. The van der Waals surface area contributed by atoms with Crippen LogP contribution in [0, 0.1) is 0 Å². The first-order valence-electron chi connectivity index (χ1n) is 6.06. The van der Waals surface area contributed by atoms with Gasteiger partial charge in [-0.25, -0.2) is 4.98 Å². The summed E-state index contributed by atoms with van der Waals surface area (Å²) in [5.74, 6) is 0.938. The second kappa shape index (κ2) is 5.19. The van der Waals surface area contributed by atoms with Gasteiger partial charge in [-0.15, -0.1) is 10.2 Å². The van der Waals surface area contributed by atoms with Gasteiger partial charge in [0.1, 0.15) is 6.33 Å². The van der Waals surface area contributed by atoms with E-state index in [4.69, 9.17) is 0 Å². The molecule has 0 spiro atoms. The molecule has 1 saturated heterocycles. The average molecular weight is 311 g/mol. The molecule has 0 unspecified atom stereocenters. The van der Waals surface area contributed by atoms with Crippen LogP contribution in [0.25, 0.3) is 5.65 Å². The van der Waals surface area contributed by atoms with Crippen LogP contribution in [0.2, 0.25) is 0 Å². The Labute approximate surface area is 114 Å². The van der Waals surface area contributed by atoms with Gasteiger partial charge in [-0.2, -0.15) is 0 Å². The van der Waals surface area contributed by atoms with Crippen LogP contribution < -0.4 is 4.90 Å². The van der Waals surface area contributed by atoms with Crippen LogP contribution in [0.5, 0.6) is 0 Å². The number of aromatic nitrogens is 4. The van der Waals surface area contributed by atoms with Crippen LogP contribution in [-0.2, 0) is 0 Å². The van der Waals surface area contributed by atoms with Crippen molar-refractivity contribution in [3.05, 3.63) is 18.7 Å². The van der Waals surface area contributed by atoms with Gasteiger partial charge >= 0.3 is 0 Å². The fourth-order valence-corrected chi connectivity index (χ4v) is 2.77. The number of fused-ring (bicyclic) bond motifs is 1. The predicted molar refractivity (Wildman–Crippen MR) is 73.2 cm³/mol. The zero-order chi connectivity index (χ0) is 12.4. The second-order valence-corrected chi connectivity index (χ2v) is 5.12. The average Bonchev–Trinajstić information content (AvgIpc) is 2.88. The summed E-state index contributed by atoms with van der Waals surface area (Å²) < 4.78 is 1.91. The summed E-state index contributed by atoms with van der Waals surface area (Å²) >= 11 is 3.48. The van der Waals surface area contributed by atoms with Crippen molar-refractivity contribution in [2.75, 3.05) is 43.0 Å². The summed E-state index contributed by atoms with van der Waals surface area (Å²) in [7, 11) is 0. The molecule has 2 aromatic heterocycles. The van der Waals surface area contributed by atoms with Gasteiger partial charge in [0.15, 0.2) is 5.82 Å². The number of hydrogen-bond donors (Lipinski definition) is 0. The van der Waals surface area contributed by atoms with Crippen molar-refractivity contribution >= 4 is 27.4 Å². The lowest BCUT2D eigenvalue weighted by Gasteiger charge is -2.34. The third-order valence-corrected chi connectivity index (χ3v) is 3.62. The van der Waals surface area contributed by atoms with Crippen LogP contribution >= 0.6 is 15.9 Å². The Bertz CT molecular complexity index is 519. The molecule has 96 valence electrons. The lowest BCUT2D eigenvalue weighted by Crippen LogP contribution is -2.47. The molecule has 6 nitrogen and oxygen atoms in total. The number of hydrogen-bond acceptors (Lipinski definition) is 5. The minimum atomic E-state index is 0.839. The van der Waals surface area contributed by atoms with Crippen molar-refractivity contribution in [1.29, 1.82) is 0 Å². The van der Waals surface area contributed by atoms with Crippen molar-refractivity contribution in [2.45, 2.75) is 0 Å². The van der Waals surface area contributed by atoms with E-state index in [0.29, 0.717) is 0 Å². The molecule has 0 radical (unpaired) electrons. The van der Waals surface area contributed by atoms with E-state index in [1.807, 2.05) is 10.6 Å². The van der Waals surface area contributed by atoms with E-state index in [0.717, 1.165) is 49.5 Å². The van der Waals surface area contributed by atoms with E-state index in [1.54, 1.807) is 12.5 Å². The normalized spacial score (nSPS) is 17.5. The Morgan fingerprint density at radius 3 is 2.83 bits per heavy atom. The smallest absolute Gasteiger partial charge is 0.203 e. The van der Waals surface area contributed by atoms with Crippen molar-refractivity contribution in [2.24, 2.45) is 0 Å². The highest BCUT2D eigenvalue weighted by molar-refractivity contribution is 9.09. The zero-order valence-electron chi connectivity index (χ0n) is 10.0. The molecule has 0 saturated carbocycles. The Morgan fingerprint density at radius 2 is 2.06 bits per heavy atom. The number of piperazine rings is 1. The molecule has 7 heteroatoms. The minimum Gasteiger partial charge on any atom is -0.351 e. The van der Waals surface area contributed by atoms with Gasteiger partial charge in [0, 0.05) is 50.4 Å². The molecular formula is C11H15BrN6. The molecule has 2 aromatic rings. The van der Waals surface area contributed by atoms with E-state index < -0.39 is 0 Å². The van der Waals surface area contributed by atoms with Gasteiger partial charge in [-0.3, -0.25) is 9.30 Å². The van der Waals surface area contributed by atoms with Crippen molar-refractivity contribution in [1.82, 2.24) is 24.5 Å². The number of anilines is 1. The summed E-state index contributed by atoms with van der Waals surface area (Å²) in [4.78, 5) is 9.19. The molecule has 18 heavy (non-hydrogen) atoms. The number of alkyl halides is 1. The molecule has 1 aliphatic rings. The van der Waals surface area contributed by atoms with Gasteiger partial charge < -0.3 is 4.90 Å². The molecule has 0 amide bonds. The summed E-state index contributed by atoms with van der Waals surface area (Å²) in [6, 6.07) is 0. The minimum absolute atomic E-state index is 0.839. The Balaban J connectivity index is 1.78. The van der Waals surface area contributed by atoms with Crippen molar-refractivity contribution in [3.63, 3.8) is 0 Å². The topological polar surface area (TPSA) is 49.6 Å². The highest BCUT2D eigenvalue weighted by atomic mass is 79.9. The first kappa shape index (κ1) is 11.9. The van der Waals surface area contributed by atoms with E-state index in [1.165, 1.54) is 0 Å². The summed E-state index contributed by atoms with van der Waals surface area (Å²) in [5.41, 5.74) is 0.839. The Morgan fingerprint density at radius 1 is 1.22 bits per heavy atom. The molecule has 0 bridgehead atoms. The van der Waals surface area contributed by atoms with Crippen molar-refractivity contribution < 1.29 is 0 Å². The van der Waals surface area contributed by atoms with Crippen LogP contribution in [-0.4, -0.2) is 62.5 Å². The molecule has 3 rings (SSSR count). The highest BCUT2D eigenvalue weighted by Gasteiger charge is 2.19. The van der Waals surface area contributed by atoms with Crippen molar-refractivity contribution in [3.8, 4) is 0 Å². The largest absolute Gasteiger partial charge is 0.351 e. The molecule has 0 atom stereocenters. The SMILES string of the molecule is BrCCN1CCN(c2nccn3cnnc23)CC1. The van der Waals surface area contributed by atoms with Gasteiger partial charge in [0.05, 0.1) is 0 Å². The predicted octanol–water partition coefficient (Wildman–Crippen LogP) is 0.641. The van der Waals surface area contributed by atoms with Gasteiger partial charge in [0.2, 0.25) is 5.65 Å². The van der Waals surface area contributed by atoms with Gasteiger partial charge in [-0.05, 0) is 0 Å². The maximum absolute atomic E-state index is 4.45. The third-order valence-electron chi connectivity index (χ3n) is 3.27. The summed E-state index contributed by atoms with van der Waals surface area (Å²) in [6.45, 7) is 5.24. The zero-order valence-corrected chi connectivity index (χ0v) is 11.6. The first-order chi connectivity index (χ1) is 8.88. The molecule has 0 aromatic carbocycles. The van der Waals surface area contributed by atoms with E-state index in [-0.39, 0.29) is 0 Å². The van der Waals surface area contributed by atoms with Crippen LogP contribution in [0.4, 0.5) is 5.82 Å². The Hall–Kier alpha value is -1.21. The van der Waals surface area contributed by atoms with E-state index in [9.17, 15) is 0 Å². The summed E-state index contributed by atoms with van der Waals surface area (Å²) in [6.07, 6.45) is 5.39. The third kappa shape index (κ3) is 2.20. The molecule has 1 aliphatic heterocycles. The highest BCUT2D eigenvalue weighted by Crippen LogP contribution is 2.17. The van der Waals surface area contributed by atoms with Gasteiger partial charge in [0.25, 0.3) is 0 Å².